The van der Waals surface area contributed by atoms with Gasteiger partial charge in [0.2, 0.25) is 7.41 Å². The molecule has 10 saturated heterocycles. The van der Waals surface area contributed by atoms with Crippen molar-refractivity contribution in [3.8, 4) is 0 Å². The van der Waals surface area contributed by atoms with Crippen molar-refractivity contribution in [2.75, 3.05) is 300 Å². The summed E-state index contributed by atoms with van der Waals surface area (Å²) in [5.41, 5.74) is 2.19. The summed E-state index contributed by atoms with van der Waals surface area (Å²) in [4.78, 5) is 57.1. The third-order valence-electron chi connectivity index (χ3n) is 32.9. The van der Waals surface area contributed by atoms with E-state index >= 15 is 0 Å². The van der Waals surface area contributed by atoms with E-state index in [9.17, 15) is 0 Å². The van der Waals surface area contributed by atoms with Crippen molar-refractivity contribution in [2.45, 2.75) is 292 Å². The average molecular weight is 1870 g/mol. The molecule has 0 bridgehead atoms. The van der Waals surface area contributed by atoms with Crippen molar-refractivity contribution in [2.24, 2.45) is 10.4 Å². The van der Waals surface area contributed by atoms with Crippen LogP contribution in [0.3, 0.4) is 0 Å². The summed E-state index contributed by atoms with van der Waals surface area (Å²) >= 11 is 3.81. The predicted octanol–water partition coefficient (Wildman–Crippen LogP) is 12.1. The van der Waals surface area contributed by atoms with E-state index in [1.807, 2.05) is 91.4 Å². The van der Waals surface area contributed by atoms with Gasteiger partial charge in [-0.2, -0.15) is 10.1 Å². The molecular formula is C95H211BN29O2S2. The molecule has 13 heterocycles. The monoisotopic (exact) mass is 1870 g/mol. The largest absolute Gasteiger partial charge is 0.363 e. The first-order valence-electron chi connectivity index (χ1n) is 47.9. The summed E-state index contributed by atoms with van der Waals surface area (Å²) in [5.74, 6) is 2.37. The Balaban J connectivity index is 0.000000699. The number of hydroxylamine groups is 4. The zero-order valence-corrected chi connectivity index (χ0v) is 95.8. The Labute approximate surface area is 807 Å². The summed E-state index contributed by atoms with van der Waals surface area (Å²) < 4.78 is 4.63. The predicted molar refractivity (Wildman–Crippen MR) is 559 cm³/mol. The second kappa shape index (κ2) is 53.1. The molecule has 31 nitrogen and oxygen atoms in total. The van der Waals surface area contributed by atoms with Gasteiger partial charge in [-0.05, 0) is 403 Å². The quantitative estimate of drug-likeness (QED) is 0.182. The molecular weight excluding hydrogens is 1650 g/mol. The highest BCUT2D eigenvalue weighted by Gasteiger charge is 2.41. The van der Waals surface area contributed by atoms with Crippen LogP contribution in [0.2, 0.25) is 0 Å². The van der Waals surface area contributed by atoms with E-state index < -0.39 is 0 Å². The Kier molecular flexibility index (Phi) is 51.3. The Hall–Kier alpha value is -2.38. The molecule has 0 aromatic carbocycles. The highest BCUT2D eigenvalue weighted by Crippen LogP contribution is 2.34. The molecule has 0 unspecified atom stereocenters. The molecule has 1 N–H and O–H groups in total. The van der Waals surface area contributed by atoms with Gasteiger partial charge in [-0.15, -0.1) is 0 Å². The lowest BCUT2D eigenvalue weighted by Crippen LogP contribution is -2.63. The van der Waals surface area contributed by atoms with Gasteiger partial charge >= 0.3 is 0 Å². The summed E-state index contributed by atoms with van der Waals surface area (Å²) in [6.07, 6.45) is 21.6. The molecule has 34 heteroatoms. The van der Waals surface area contributed by atoms with E-state index in [-0.39, 0.29) is 73.6 Å². The molecule has 1 radical (unpaired) electrons. The van der Waals surface area contributed by atoms with Crippen molar-refractivity contribution < 1.29 is 9.68 Å². The highest BCUT2D eigenvalue weighted by atomic mass is 32.2. The van der Waals surface area contributed by atoms with Crippen LogP contribution in [0.1, 0.15) is 219 Å². The number of nitrogens with one attached hydrogen (secondary N) is 1. The second-order valence-corrected chi connectivity index (χ2v) is 46.3. The minimum atomic E-state index is -0.0556. The van der Waals surface area contributed by atoms with E-state index in [0.29, 0.717) is 6.73 Å². The van der Waals surface area contributed by atoms with Crippen LogP contribution in [-0.2, 0) is 9.68 Å². The molecule has 13 aliphatic rings. The fourth-order valence-corrected chi connectivity index (χ4v) is 15.9. The summed E-state index contributed by atoms with van der Waals surface area (Å²) in [6.45, 7) is 74.1. The third kappa shape index (κ3) is 36.1. The fraction of sp³-hybridized carbons (Fsp3) is 0.937. The number of rotatable bonds is 0. The summed E-state index contributed by atoms with van der Waals surface area (Å²) in [5, 5.41) is 18.4. The first-order valence-corrected chi connectivity index (χ1v) is 49.8. The van der Waals surface area contributed by atoms with E-state index in [1.165, 1.54) is 103 Å². The van der Waals surface area contributed by atoms with Crippen LogP contribution in [0, 0.1) is 0 Å². The minimum absolute atomic E-state index is 0.0399. The standard InChI is InChI=1S/2C9H20N2.C9H16N2.C8H18N2S.C8H18N2.C8H16N2.C7H17N3.C7H16N2O.C7H16N2.C6H14BN2.C6H14N2O.C6H14N2S.C5H12N4/c3*1-9(2)10(3)7-5-6-8-11(9)4;1-8(2)9(3)6-5-7-11-10(8)4;2*1-8(2)9(3)6-5-7-10(8)4;1-7(2)9(3)5-8-6-10(7)4;1-7(2)8(3)5-6-10-9(7)4;1-7(2)8(3)5-6-9(7)4;1-6(2)8(3)5-7-9(6)4;2*1-6(2)7(3)5-9-8(6)4;1-5(2)8(3)6-7-9(5)4/h2*5-8H2,1-4H3;5-8H,1-4H3;5-7H2,1-4H3;5-7H2,1-4H3;5-6H,7H2,1-4H3;8H,5-6H2,1-4H3;5-6H2,1-4H3;5-6H2,1-4H3;3*5H2,1-4H3;1-4H3. The smallest absolute Gasteiger partial charge is 0.225 e. The molecule has 763 valence electrons. The van der Waals surface area contributed by atoms with Gasteiger partial charge in [0.15, 0.2) is 0 Å². The molecule has 0 amide bonds. The van der Waals surface area contributed by atoms with E-state index in [2.05, 4.69) is 482 Å². The van der Waals surface area contributed by atoms with Crippen molar-refractivity contribution in [1.82, 2.24) is 132 Å². The zero-order chi connectivity index (χ0) is 100. The molecule has 10 fully saturated rings. The third-order valence-corrected chi connectivity index (χ3v) is 35.5. The number of hydrogen-bond donors (Lipinski definition) is 1. The first-order chi connectivity index (χ1) is 58.6. The van der Waals surface area contributed by atoms with E-state index in [1.54, 1.807) is 0 Å². The Morgan fingerprint density at radius 2 is 0.605 bits per heavy atom. The number of hydrogen-bond acceptors (Lipinski definition) is 33. The van der Waals surface area contributed by atoms with Crippen molar-refractivity contribution in [3.63, 3.8) is 0 Å². The van der Waals surface area contributed by atoms with Gasteiger partial charge < -0.3 is 19.5 Å². The molecule has 0 aliphatic carbocycles. The zero-order valence-electron chi connectivity index (χ0n) is 94.2. The van der Waals surface area contributed by atoms with Crippen molar-refractivity contribution in [1.29, 1.82) is 0 Å². The van der Waals surface area contributed by atoms with E-state index in [4.69, 9.17) is 9.68 Å². The maximum atomic E-state index is 5.36. The topological polar surface area (TPSA) is 139 Å². The van der Waals surface area contributed by atoms with Gasteiger partial charge in [0.05, 0.1) is 88.1 Å². The van der Waals surface area contributed by atoms with Crippen LogP contribution in [-0.4, -0.2) is 508 Å². The van der Waals surface area contributed by atoms with Crippen LogP contribution in [0.4, 0.5) is 0 Å². The van der Waals surface area contributed by atoms with Gasteiger partial charge in [-0.25, -0.2) is 8.61 Å². The number of likely N-dealkylation sites (N-methyl/N-ethyl adjacent to an activating group) is 4. The molecule has 0 atom stereocenters. The molecule has 0 spiro atoms. The Morgan fingerprint density at radius 1 is 0.279 bits per heavy atom. The molecule has 129 heavy (non-hydrogen) atoms. The minimum Gasteiger partial charge on any atom is -0.363 e. The summed E-state index contributed by atoms with van der Waals surface area (Å²) in [7, 11) is 57.2. The Bertz CT molecular complexity index is 2810. The lowest BCUT2D eigenvalue weighted by molar-refractivity contribution is -0.272. The van der Waals surface area contributed by atoms with Gasteiger partial charge in [0, 0.05) is 113 Å². The highest BCUT2D eigenvalue weighted by molar-refractivity contribution is 7.97. The maximum absolute atomic E-state index is 5.36. The first kappa shape index (κ1) is 125. The summed E-state index contributed by atoms with van der Waals surface area (Å²) in [6, 6.07) is 0. The molecule has 13 aliphatic heterocycles. The van der Waals surface area contributed by atoms with E-state index in [0.717, 1.165) is 45.4 Å². The normalized spacial score (nSPS) is 27.6. The van der Waals surface area contributed by atoms with Crippen LogP contribution in [0.15, 0.2) is 47.3 Å². The van der Waals surface area contributed by atoms with Crippen molar-refractivity contribution >= 4 is 31.3 Å². The van der Waals surface area contributed by atoms with Crippen molar-refractivity contribution in [3.05, 3.63) is 36.8 Å². The van der Waals surface area contributed by atoms with Crippen LogP contribution < -0.4 is 5.32 Å². The van der Waals surface area contributed by atoms with Gasteiger partial charge in [-0.1, -0.05) is 40.4 Å². The van der Waals surface area contributed by atoms with Crippen LogP contribution in [0.25, 0.3) is 0 Å². The Morgan fingerprint density at radius 3 is 0.860 bits per heavy atom. The van der Waals surface area contributed by atoms with Crippen LogP contribution >= 0.6 is 23.9 Å². The average Bonchev–Trinajstić information content (AvgIpc) is 1.77. The number of nitrogens with zero attached hydrogens (tertiary/aromatic N) is 28. The fourth-order valence-electron chi connectivity index (χ4n) is 13.8. The van der Waals surface area contributed by atoms with Gasteiger partial charge in [0.1, 0.15) is 18.1 Å². The maximum Gasteiger partial charge on any atom is 0.225 e. The lowest BCUT2D eigenvalue weighted by Gasteiger charge is -2.47. The lowest BCUT2D eigenvalue weighted by atomic mass is 9.94. The molecule has 13 rings (SSSR count). The molecule has 0 saturated carbocycles. The second-order valence-electron chi connectivity index (χ2n) is 44.0. The van der Waals surface area contributed by atoms with Crippen LogP contribution in [0.5, 0.6) is 0 Å². The molecule has 0 aromatic heterocycles. The number of allylic oxidation sites excluding steroid dienone is 2. The van der Waals surface area contributed by atoms with Gasteiger partial charge in [0.25, 0.3) is 0 Å². The van der Waals surface area contributed by atoms with Gasteiger partial charge in [-0.3, -0.25) is 103 Å². The molecule has 0 aromatic rings. The SMILES string of the molecule is CN1C=CC=CN(C)C1(C)C.CN1C=CCN(C)C1(C)C.CN1CCCCN(C)C1(C)C.CN1CCCCN(C)C1(C)C.CN1CCCN(C)C1(C)C.CN1CCCSN(C)C1(C)C.CN1CCN(C)C1(C)C.CN1CCON(C)C1(C)C.CN1CNCN(C)C1(C)C.CN1CON(C)C1(C)C.CN1CSN(C)C1(C)C.CN1N=NN(C)C1(C)C.CN1[B]CN(C)C1(C)C.